The van der Waals surface area contributed by atoms with Gasteiger partial charge in [0.25, 0.3) is 0 Å². The average molecular weight is 268 g/mol. The van der Waals surface area contributed by atoms with Crippen molar-refractivity contribution < 1.29 is 9.53 Å². The molecular weight excluding hydrogens is 248 g/mol. The fraction of sp³-hybridized carbons (Fsp3) is 0.462. The molecular formula is C13H20N2O2S. The van der Waals surface area contributed by atoms with Crippen molar-refractivity contribution in [3.05, 3.63) is 24.3 Å². The van der Waals surface area contributed by atoms with E-state index in [1.165, 1.54) is 11.8 Å². The summed E-state index contributed by atoms with van der Waals surface area (Å²) in [6, 6.07) is 7.57. The molecule has 1 aromatic carbocycles. The van der Waals surface area contributed by atoms with Crippen LogP contribution in [0.1, 0.15) is 13.3 Å². The molecule has 0 spiro atoms. The summed E-state index contributed by atoms with van der Waals surface area (Å²) >= 11 is 1.47. The predicted molar refractivity (Wildman–Crippen MR) is 75.7 cm³/mol. The molecule has 0 bridgehead atoms. The molecule has 0 fully saturated rings. The number of ether oxygens (including phenoxy) is 1. The van der Waals surface area contributed by atoms with E-state index in [1.807, 2.05) is 31.2 Å². The first-order chi connectivity index (χ1) is 8.65. The van der Waals surface area contributed by atoms with Gasteiger partial charge in [0.05, 0.1) is 5.25 Å². The first-order valence-corrected chi connectivity index (χ1v) is 6.81. The standard InChI is InChI=1S/C13H20N2O2S/c1-10(13(16)15-8-5-9-17-2)18-12-7-4-3-6-11(12)14/h3-4,6-7,10H,5,8-9,14H2,1-2H3,(H,15,16). The van der Waals surface area contributed by atoms with Crippen molar-refractivity contribution in [3.63, 3.8) is 0 Å². The van der Waals surface area contributed by atoms with Crippen LogP contribution in [0.4, 0.5) is 5.69 Å². The molecule has 1 aromatic rings. The minimum absolute atomic E-state index is 0.0272. The average Bonchev–Trinajstić information content (AvgIpc) is 2.37. The van der Waals surface area contributed by atoms with Crippen molar-refractivity contribution in [1.82, 2.24) is 5.32 Å². The van der Waals surface area contributed by atoms with Gasteiger partial charge in [0.15, 0.2) is 0 Å². The summed E-state index contributed by atoms with van der Waals surface area (Å²) in [4.78, 5) is 12.7. The summed E-state index contributed by atoms with van der Waals surface area (Å²) in [5.41, 5.74) is 6.55. The summed E-state index contributed by atoms with van der Waals surface area (Å²) in [6.07, 6.45) is 0.826. The zero-order chi connectivity index (χ0) is 13.4. The van der Waals surface area contributed by atoms with Crippen molar-refractivity contribution in [2.24, 2.45) is 0 Å². The molecule has 5 heteroatoms. The molecule has 1 unspecified atom stereocenters. The maximum absolute atomic E-state index is 11.8. The number of hydrogen-bond donors (Lipinski definition) is 2. The Hall–Kier alpha value is -1.20. The lowest BCUT2D eigenvalue weighted by Gasteiger charge is -2.13. The number of methoxy groups -OCH3 is 1. The number of nitrogens with one attached hydrogen (secondary N) is 1. The molecule has 3 N–H and O–H groups in total. The van der Waals surface area contributed by atoms with Gasteiger partial charge in [-0.05, 0) is 25.5 Å². The third kappa shape index (κ3) is 4.98. The lowest BCUT2D eigenvalue weighted by atomic mass is 10.3. The van der Waals surface area contributed by atoms with Gasteiger partial charge in [-0.3, -0.25) is 4.79 Å². The number of para-hydroxylation sites is 1. The van der Waals surface area contributed by atoms with E-state index in [-0.39, 0.29) is 11.2 Å². The van der Waals surface area contributed by atoms with Crippen molar-refractivity contribution in [3.8, 4) is 0 Å². The molecule has 1 atom stereocenters. The number of carbonyl (C=O) groups is 1. The van der Waals surface area contributed by atoms with E-state index in [1.54, 1.807) is 7.11 Å². The van der Waals surface area contributed by atoms with Crippen LogP contribution in [0.3, 0.4) is 0 Å². The van der Waals surface area contributed by atoms with Gasteiger partial charge in [0.2, 0.25) is 5.91 Å². The maximum Gasteiger partial charge on any atom is 0.233 e. The third-order valence-corrected chi connectivity index (χ3v) is 3.61. The monoisotopic (exact) mass is 268 g/mol. The van der Waals surface area contributed by atoms with Crippen LogP contribution in [0, 0.1) is 0 Å². The van der Waals surface area contributed by atoms with E-state index in [4.69, 9.17) is 10.5 Å². The van der Waals surface area contributed by atoms with Crippen molar-refractivity contribution in [1.29, 1.82) is 0 Å². The van der Waals surface area contributed by atoms with Crippen LogP contribution < -0.4 is 11.1 Å². The highest BCUT2D eigenvalue weighted by Gasteiger charge is 2.14. The number of amides is 1. The van der Waals surface area contributed by atoms with Crippen molar-refractivity contribution >= 4 is 23.4 Å². The summed E-state index contributed by atoms with van der Waals surface area (Å²) in [7, 11) is 1.65. The molecule has 4 nitrogen and oxygen atoms in total. The Morgan fingerprint density at radius 1 is 1.50 bits per heavy atom. The fourth-order valence-electron chi connectivity index (χ4n) is 1.40. The molecule has 0 aromatic heterocycles. The second-order valence-electron chi connectivity index (χ2n) is 3.94. The molecule has 0 saturated heterocycles. The highest BCUT2D eigenvalue weighted by molar-refractivity contribution is 8.00. The molecule has 0 aliphatic rings. The summed E-state index contributed by atoms with van der Waals surface area (Å²) in [5.74, 6) is 0.0272. The number of hydrogen-bond acceptors (Lipinski definition) is 4. The Kier molecular flexibility index (Phi) is 6.60. The number of nitrogen functional groups attached to an aromatic ring is 1. The van der Waals surface area contributed by atoms with Crippen LogP contribution in [0.25, 0.3) is 0 Å². The van der Waals surface area contributed by atoms with E-state index < -0.39 is 0 Å². The number of benzene rings is 1. The van der Waals surface area contributed by atoms with Crippen LogP contribution in [0.2, 0.25) is 0 Å². The largest absolute Gasteiger partial charge is 0.398 e. The number of rotatable bonds is 7. The van der Waals surface area contributed by atoms with E-state index in [0.29, 0.717) is 18.8 Å². The Morgan fingerprint density at radius 2 is 2.22 bits per heavy atom. The minimum atomic E-state index is -0.155. The fourth-order valence-corrected chi connectivity index (χ4v) is 2.34. The lowest BCUT2D eigenvalue weighted by Crippen LogP contribution is -2.32. The van der Waals surface area contributed by atoms with Crippen molar-refractivity contribution in [2.75, 3.05) is 26.0 Å². The smallest absolute Gasteiger partial charge is 0.233 e. The van der Waals surface area contributed by atoms with Crippen LogP contribution in [0.15, 0.2) is 29.2 Å². The molecule has 0 heterocycles. The molecule has 100 valence electrons. The third-order valence-electron chi connectivity index (χ3n) is 2.42. The molecule has 1 rings (SSSR count). The number of thioether (sulfide) groups is 1. The first kappa shape index (κ1) is 14.9. The SMILES string of the molecule is COCCCNC(=O)C(C)Sc1ccccc1N. The molecule has 0 radical (unpaired) electrons. The topological polar surface area (TPSA) is 64.3 Å². The first-order valence-electron chi connectivity index (χ1n) is 5.93. The van der Waals surface area contributed by atoms with Gasteiger partial charge in [-0.1, -0.05) is 12.1 Å². The van der Waals surface area contributed by atoms with Gasteiger partial charge in [-0.2, -0.15) is 0 Å². The van der Waals surface area contributed by atoms with Gasteiger partial charge in [0, 0.05) is 30.8 Å². The molecule has 1 amide bonds. The van der Waals surface area contributed by atoms with Gasteiger partial charge < -0.3 is 15.8 Å². The van der Waals surface area contributed by atoms with Gasteiger partial charge in [-0.25, -0.2) is 0 Å². The zero-order valence-corrected chi connectivity index (χ0v) is 11.6. The highest BCUT2D eigenvalue weighted by atomic mass is 32.2. The Bertz CT molecular complexity index is 385. The number of carbonyl (C=O) groups excluding carboxylic acids is 1. The van der Waals surface area contributed by atoms with E-state index in [2.05, 4.69) is 5.32 Å². The number of nitrogens with two attached hydrogens (primary N) is 1. The maximum atomic E-state index is 11.8. The van der Waals surface area contributed by atoms with Crippen LogP contribution >= 0.6 is 11.8 Å². The second-order valence-corrected chi connectivity index (χ2v) is 5.32. The summed E-state index contributed by atoms with van der Waals surface area (Å²) in [6.45, 7) is 3.18. The van der Waals surface area contributed by atoms with E-state index in [9.17, 15) is 4.79 Å². The Morgan fingerprint density at radius 3 is 2.89 bits per heavy atom. The Labute approximate surface area is 112 Å². The highest BCUT2D eigenvalue weighted by Crippen LogP contribution is 2.28. The van der Waals surface area contributed by atoms with E-state index in [0.717, 1.165) is 11.3 Å². The van der Waals surface area contributed by atoms with Gasteiger partial charge in [-0.15, -0.1) is 11.8 Å². The van der Waals surface area contributed by atoms with Gasteiger partial charge in [0.1, 0.15) is 0 Å². The Balaban J connectivity index is 2.38. The predicted octanol–water partition coefficient (Wildman–Crippen LogP) is 1.90. The van der Waals surface area contributed by atoms with Gasteiger partial charge >= 0.3 is 0 Å². The quantitative estimate of drug-likeness (QED) is 0.450. The zero-order valence-electron chi connectivity index (χ0n) is 10.8. The summed E-state index contributed by atoms with van der Waals surface area (Å²) < 4.78 is 4.92. The number of anilines is 1. The second kappa shape index (κ2) is 8.00. The van der Waals surface area contributed by atoms with Crippen molar-refractivity contribution in [2.45, 2.75) is 23.5 Å². The summed E-state index contributed by atoms with van der Waals surface area (Å²) in [5, 5.41) is 2.72. The molecule has 0 saturated carbocycles. The van der Waals surface area contributed by atoms with Crippen LogP contribution in [-0.4, -0.2) is 31.4 Å². The van der Waals surface area contributed by atoms with Crippen LogP contribution in [0.5, 0.6) is 0 Å². The minimum Gasteiger partial charge on any atom is -0.398 e. The molecule has 0 aliphatic carbocycles. The molecule has 18 heavy (non-hydrogen) atoms. The van der Waals surface area contributed by atoms with Crippen LogP contribution in [-0.2, 0) is 9.53 Å². The van der Waals surface area contributed by atoms with E-state index >= 15 is 0 Å². The normalized spacial score (nSPS) is 12.1. The molecule has 0 aliphatic heterocycles. The lowest BCUT2D eigenvalue weighted by molar-refractivity contribution is -0.120.